The van der Waals surface area contributed by atoms with Crippen LogP contribution in [0.2, 0.25) is 0 Å². The number of hydrogen-bond donors (Lipinski definition) is 1. The van der Waals surface area contributed by atoms with E-state index >= 15 is 0 Å². The van der Waals surface area contributed by atoms with E-state index in [9.17, 15) is 9.90 Å². The molecule has 5 nitrogen and oxygen atoms in total. The van der Waals surface area contributed by atoms with E-state index in [1.807, 2.05) is 14.1 Å². The topological polar surface area (TPSA) is 53.0 Å². The standard InChI is InChI=1S/C20H32N2O3.ClH/c1-15-5-8-17(9-6-15)22(12-11-21(2)3)20(24)14-16-7-10-18(23)19(13-16)25-4;/h7,10,13,15,17,23H,5-6,8-9,11-12,14H2,1-4H3;1H. The van der Waals surface area contributed by atoms with Crippen LogP contribution in [0, 0.1) is 5.92 Å². The predicted molar refractivity (Wildman–Crippen MR) is 107 cm³/mol. The summed E-state index contributed by atoms with van der Waals surface area (Å²) in [5, 5.41) is 9.73. The molecule has 148 valence electrons. The molecule has 0 bridgehead atoms. The number of nitrogens with zero attached hydrogens (tertiary/aromatic N) is 2. The number of methoxy groups -OCH3 is 1. The quantitative estimate of drug-likeness (QED) is 0.783. The van der Waals surface area contributed by atoms with Crippen LogP contribution < -0.4 is 4.74 Å². The van der Waals surface area contributed by atoms with Crippen LogP contribution in [-0.4, -0.2) is 61.2 Å². The zero-order valence-corrected chi connectivity index (χ0v) is 17.2. The second-order valence-corrected chi connectivity index (χ2v) is 7.49. The Balaban J connectivity index is 0.00000338. The molecule has 0 radical (unpaired) electrons. The van der Waals surface area contributed by atoms with Crippen LogP contribution in [0.25, 0.3) is 0 Å². The first-order valence-corrected chi connectivity index (χ1v) is 9.20. The summed E-state index contributed by atoms with van der Waals surface area (Å²) in [5.41, 5.74) is 0.874. The van der Waals surface area contributed by atoms with Crippen molar-refractivity contribution in [1.29, 1.82) is 0 Å². The molecule has 0 saturated heterocycles. The van der Waals surface area contributed by atoms with E-state index in [2.05, 4.69) is 16.7 Å². The molecule has 1 fully saturated rings. The number of phenols is 1. The average Bonchev–Trinajstić information content (AvgIpc) is 2.58. The fraction of sp³-hybridized carbons (Fsp3) is 0.650. The minimum atomic E-state index is 0. The van der Waals surface area contributed by atoms with Crippen molar-refractivity contribution in [3.63, 3.8) is 0 Å². The van der Waals surface area contributed by atoms with Gasteiger partial charge in [0.2, 0.25) is 5.91 Å². The van der Waals surface area contributed by atoms with Crippen molar-refractivity contribution in [1.82, 2.24) is 9.80 Å². The molecule has 2 rings (SSSR count). The van der Waals surface area contributed by atoms with E-state index in [1.165, 1.54) is 20.0 Å². The van der Waals surface area contributed by atoms with Gasteiger partial charge >= 0.3 is 0 Å². The van der Waals surface area contributed by atoms with Crippen LogP contribution in [0.3, 0.4) is 0 Å². The Bertz CT molecular complexity index is 572. The van der Waals surface area contributed by atoms with Crippen LogP contribution in [0.4, 0.5) is 0 Å². The third-order valence-electron chi connectivity index (χ3n) is 5.13. The summed E-state index contributed by atoms with van der Waals surface area (Å²) in [6, 6.07) is 5.49. The maximum absolute atomic E-state index is 13.0. The van der Waals surface area contributed by atoms with Crippen molar-refractivity contribution in [2.75, 3.05) is 34.3 Å². The Morgan fingerprint density at radius 1 is 1.19 bits per heavy atom. The normalized spacial score (nSPS) is 19.7. The third-order valence-corrected chi connectivity index (χ3v) is 5.13. The lowest BCUT2D eigenvalue weighted by Crippen LogP contribution is -2.46. The Morgan fingerprint density at radius 2 is 1.85 bits per heavy atom. The highest BCUT2D eigenvalue weighted by molar-refractivity contribution is 5.85. The van der Waals surface area contributed by atoms with Crippen molar-refractivity contribution in [2.45, 2.75) is 45.1 Å². The second kappa shape index (κ2) is 10.6. The van der Waals surface area contributed by atoms with Gasteiger partial charge in [-0.2, -0.15) is 0 Å². The van der Waals surface area contributed by atoms with Gasteiger partial charge in [0.05, 0.1) is 13.5 Å². The summed E-state index contributed by atoms with van der Waals surface area (Å²) in [4.78, 5) is 17.2. The smallest absolute Gasteiger partial charge is 0.227 e. The highest BCUT2D eigenvalue weighted by atomic mass is 35.5. The van der Waals surface area contributed by atoms with Crippen LogP contribution in [0.15, 0.2) is 18.2 Å². The number of benzene rings is 1. The Hall–Kier alpha value is -1.46. The van der Waals surface area contributed by atoms with Gasteiger partial charge < -0.3 is 19.6 Å². The Morgan fingerprint density at radius 3 is 2.42 bits per heavy atom. The first kappa shape index (κ1) is 22.6. The molecule has 1 amide bonds. The van der Waals surface area contributed by atoms with E-state index in [0.717, 1.165) is 37.4 Å². The molecule has 0 spiro atoms. The molecular formula is C20H33ClN2O3. The van der Waals surface area contributed by atoms with Crippen molar-refractivity contribution in [3.05, 3.63) is 23.8 Å². The molecule has 0 heterocycles. The number of hydrogen-bond acceptors (Lipinski definition) is 4. The molecule has 0 aromatic heterocycles. The summed E-state index contributed by atoms with van der Waals surface area (Å²) < 4.78 is 5.15. The molecule has 0 atom stereocenters. The summed E-state index contributed by atoms with van der Waals surface area (Å²) in [5.74, 6) is 1.44. The maximum atomic E-state index is 13.0. The van der Waals surface area contributed by atoms with Gasteiger partial charge in [0.1, 0.15) is 0 Å². The molecule has 0 unspecified atom stereocenters. The highest BCUT2D eigenvalue weighted by Crippen LogP contribution is 2.29. The molecule has 1 N–H and O–H groups in total. The molecule has 6 heteroatoms. The Labute approximate surface area is 163 Å². The fourth-order valence-corrected chi connectivity index (χ4v) is 3.48. The third kappa shape index (κ3) is 6.36. The van der Waals surface area contributed by atoms with Gasteiger partial charge in [-0.15, -0.1) is 12.4 Å². The second-order valence-electron chi connectivity index (χ2n) is 7.49. The van der Waals surface area contributed by atoms with Gasteiger partial charge in [0.25, 0.3) is 0 Å². The molecule has 1 aromatic carbocycles. The Kier molecular flexibility index (Phi) is 9.23. The summed E-state index contributed by atoms with van der Waals surface area (Å²) >= 11 is 0. The molecule has 0 aliphatic heterocycles. The minimum Gasteiger partial charge on any atom is -0.504 e. The van der Waals surface area contributed by atoms with Crippen LogP contribution in [0.5, 0.6) is 11.5 Å². The first-order chi connectivity index (χ1) is 11.9. The SMILES string of the molecule is COc1cc(CC(=O)N(CCN(C)C)C2CCC(C)CC2)ccc1O.Cl. The number of likely N-dealkylation sites (N-methyl/N-ethyl adjacent to an activating group) is 1. The number of phenolic OH excluding ortho intramolecular Hbond substituents is 1. The van der Waals surface area contributed by atoms with Gasteiger partial charge in [-0.05, 0) is 63.4 Å². The number of amides is 1. The van der Waals surface area contributed by atoms with E-state index in [4.69, 9.17) is 4.74 Å². The number of rotatable bonds is 7. The zero-order chi connectivity index (χ0) is 18.4. The van der Waals surface area contributed by atoms with Crippen LogP contribution in [0.1, 0.15) is 38.2 Å². The number of carbonyl (C=O) groups is 1. The molecule has 1 saturated carbocycles. The van der Waals surface area contributed by atoms with Gasteiger partial charge in [0.15, 0.2) is 11.5 Å². The number of aromatic hydroxyl groups is 1. The lowest BCUT2D eigenvalue weighted by atomic mass is 9.86. The summed E-state index contributed by atoms with van der Waals surface area (Å²) in [6.45, 7) is 3.93. The molecule has 26 heavy (non-hydrogen) atoms. The average molecular weight is 385 g/mol. The van der Waals surface area contributed by atoms with E-state index < -0.39 is 0 Å². The van der Waals surface area contributed by atoms with E-state index in [-0.39, 0.29) is 24.1 Å². The molecular weight excluding hydrogens is 352 g/mol. The monoisotopic (exact) mass is 384 g/mol. The van der Waals surface area contributed by atoms with Gasteiger partial charge in [-0.25, -0.2) is 0 Å². The molecule has 1 aliphatic carbocycles. The summed E-state index contributed by atoms with van der Waals surface area (Å²) in [6.07, 6.45) is 4.93. The number of carbonyl (C=O) groups excluding carboxylic acids is 1. The number of halogens is 1. The fourth-order valence-electron chi connectivity index (χ4n) is 3.48. The zero-order valence-electron chi connectivity index (χ0n) is 16.4. The van der Waals surface area contributed by atoms with Crippen molar-refractivity contribution < 1.29 is 14.6 Å². The van der Waals surface area contributed by atoms with Crippen LogP contribution in [-0.2, 0) is 11.2 Å². The van der Waals surface area contributed by atoms with Crippen LogP contribution >= 0.6 is 12.4 Å². The summed E-state index contributed by atoms with van der Waals surface area (Å²) in [7, 11) is 5.60. The van der Waals surface area contributed by atoms with Gasteiger partial charge in [-0.1, -0.05) is 13.0 Å². The molecule has 1 aromatic rings. The highest BCUT2D eigenvalue weighted by Gasteiger charge is 2.27. The lowest BCUT2D eigenvalue weighted by Gasteiger charge is -2.37. The molecule has 1 aliphatic rings. The predicted octanol–water partition coefficient (Wildman–Crippen LogP) is 3.33. The first-order valence-electron chi connectivity index (χ1n) is 9.20. The lowest BCUT2D eigenvalue weighted by molar-refractivity contribution is -0.133. The van der Waals surface area contributed by atoms with Gasteiger partial charge in [-0.3, -0.25) is 4.79 Å². The van der Waals surface area contributed by atoms with E-state index in [0.29, 0.717) is 18.2 Å². The van der Waals surface area contributed by atoms with Gasteiger partial charge in [0, 0.05) is 19.1 Å². The van der Waals surface area contributed by atoms with Crippen molar-refractivity contribution in [2.24, 2.45) is 5.92 Å². The largest absolute Gasteiger partial charge is 0.504 e. The number of ether oxygens (including phenoxy) is 1. The van der Waals surface area contributed by atoms with E-state index in [1.54, 1.807) is 18.2 Å². The van der Waals surface area contributed by atoms with Crippen molar-refractivity contribution >= 4 is 18.3 Å². The maximum Gasteiger partial charge on any atom is 0.227 e. The van der Waals surface area contributed by atoms with Crippen molar-refractivity contribution in [3.8, 4) is 11.5 Å². The minimum absolute atomic E-state index is 0.